The van der Waals surface area contributed by atoms with Crippen LogP contribution in [0.15, 0.2) is 36.5 Å². The predicted molar refractivity (Wildman–Crippen MR) is 83.5 cm³/mol. The lowest BCUT2D eigenvalue weighted by Gasteiger charge is -2.37. The molecule has 1 fully saturated rings. The van der Waals surface area contributed by atoms with Gasteiger partial charge < -0.3 is 5.73 Å². The Morgan fingerprint density at radius 2 is 2.20 bits per heavy atom. The Balaban J connectivity index is 1.98. The maximum Gasteiger partial charge on any atom is 0.0750 e. The van der Waals surface area contributed by atoms with Gasteiger partial charge in [-0.05, 0) is 36.9 Å². The zero-order valence-corrected chi connectivity index (χ0v) is 12.1. The molecule has 2 N–H and O–H groups in total. The highest BCUT2D eigenvalue weighted by atomic mass is 15.2. The number of fused-ring (bicyclic) bond motifs is 1. The first-order valence-electron chi connectivity index (χ1n) is 7.57. The second-order valence-electron chi connectivity index (χ2n) is 5.92. The Labute approximate surface area is 120 Å². The average Bonchev–Trinajstić information content (AvgIpc) is 2.48. The Hall–Kier alpha value is -1.45. The van der Waals surface area contributed by atoms with Gasteiger partial charge in [-0.15, -0.1) is 0 Å². The van der Waals surface area contributed by atoms with E-state index in [2.05, 4.69) is 41.1 Å². The van der Waals surface area contributed by atoms with Gasteiger partial charge in [-0.25, -0.2) is 0 Å². The molecule has 0 bridgehead atoms. The fourth-order valence-corrected chi connectivity index (χ4v) is 3.38. The Morgan fingerprint density at radius 1 is 1.35 bits per heavy atom. The van der Waals surface area contributed by atoms with Crippen LogP contribution in [0, 0.1) is 5.92 Å². The van der Waals surface area contributed by atoms with Crippen LogP contribution in [0.2, 0.25) is 0 Å². The SMILES string of the molecule is CC1CCCN(C(CN)c2cccc3cccnc23)C1. The van der Waals surface area contributed by atoms with Gasteiger partial charge in [0.2, 0.25) is 0 Å². The third-order valence-corrected chi connectivity index (χ3v) is 4.38. The van der Waals surface area contributed by atoms with Crippen molar-refractivity contribution in [2.75, 3.05) is 19.6 Å². The summed E-state index contributed by atoms with van der Waals surface area (Å²) in [6.45, 7) is 5.28. The van der Waals surface area contributed by atoms with E-state index in [1.165, 1.54) is 23.8 Å². The van der Waals surface area contributed by atoms with Crippen molar-refractivity contribution in [3.63, 3.8) is 0 Å². The Kier molecular flexibility index (Phi) is 3.99. The minimum Gasteiger partial charge on any atom is -0.329 e. The van der Waals surface area contributed by atoms with Crippen LogP contribution < -0.4 is 5.73 Å². The molecule has 2 aromatic rings. The summed E-state index contributed by atoms with van der Waals surface area (Å²) in [5.74, 6) is 0.765. The van der Waals surface area contributed by atoms with Gasteiger partial charge in [-0.3, -0.25) is 9.88 Å². The smallest absolute Gasteiger partial charge is 0.0750 e. The van der Waals surface area contributed by atoms with Crippen LogP contribution in [-0.4, -0.2) is 29.5 Å². The maximum absolute atomic E-state index is 6.10. The molecule has 20 heavy (non-hydrogen) atoms. The normalized spacial score (nSPS) is 22.0. The molecule has 0 radical (unpaired) electrons. The molecule has 3 nitrogen and oxygen atoms in total. The monoisotopic (exact) mass is 269 g/mol. The second kappa shape index (κ2) is 5.90. The summed E-state index contributed by atoms with van der Waals surface area (Å²) in [6.07, 6.45) is 4.48. The van der Waals surface area contributed by atoms with Crippen molar-refractivity contribution in [2.45, 2.75) is 25.8 Å². The van der Waals surface area contributed by atoms with Gasteiger partial charge in [-0.2, -0.15) is 0 Å². The molecule has 0 spiro atoms. The van der Waals surface area contributed by atoms with Crippen molar-refractivity contribution in [1.82, 2.24) is 9.88 Å². The molecule has 1 aliphatic rings. The minimum absolute atomic E-state index is 0.288. The molecular weight excluding hydrogens is 246 g/mol. The van der Waals surface area contributed by atoms with Crippen molar-refractivity contribution >= 4 is 10.9 Å². The second-order valence-corrected chi connectivity index (χ2v) is 5.92. The van der Waals surface area contributed by atoms with Crippen LogP contribution in [0.1, 0.15) is 31.4 Å². The number of nitrogens with two attached hydrogens (primary N) is 1. The van der Waals surface area contributed by atoms with Crippen molar-refractivity contribution in [3.8, 4) is 0 Å². The lowest BCUT2D eigenvalue weighted by atomic mass is 9.95. The first-order chi connectivity index (χ1) is 9.79. The van der Waals surface area contributed by atoms with E-state index in [1.807, 2.05) is 12.3 Å². The molecule has 0 amide bonds. The van der Waals surface area contributed by atoms with Gasteiger partial charge in [0.1, 0.15) is 0 Å². The first kappa shape index (κ1) is 13.5. The highest BCUT2D eigenvalue weighted by Gasteiger charge is 2.25. The largest absolute Gasteiger partial charge is 0.329 e. The molecule has 1 saturated heterocycles. The van der Waals surface area contributed by atoms with Gasteiger partial charge in [-0.1, -0.05) is 31.2 Å². The van der Waals surface area contributed by atoms with Crippen LogP contribution in [0.5, 0.6) is 0 Å². The van der Waals surface area contributed by atoms with E-state index >= 15 is 0 Å². The summed E-state index contributed by atoms with van der Waals surface area (Å²) < 4.78 is 0. The fourth-order valence-electron chi connectivity index (χ4n) is 3.38. The van der Waals surface area contributed by atoms with E-state index in [0.717, 1.165) is 24.5 Å². The molecule has 3 heteroatoms. The molecule has 2 atom stereocenters. The van der Waals surface area contributed by atoms with Crippen molar-refractivity contribution < 1.29 is 0 Å². The molecule has 2 heterocycles. The zero-order chi connectivity index (χ0) is 13.9. The highest BCUT2D eigenvalue weighted by molar-refractivity contribution is 5.82. The van der Waals surface area contributed by atoms with E-state index in [9.17, 15) is 0 Å². The summed E-state index contributed by atoms with van der Waals surface area (Å²) in [6, 6.07) is 10.8. The molecule has 1 aromatic carbocycles. The van der Waals surface area contributed by atoms with Gasteiger partial charge in [0.05, 0.1) is 5.52 Å². The van der Waals surface area contributed by atoms with Crippen molar-refractivity contribution in [3.05, 3.63) is 42.1 Å². The lowest BCUT2D eigenvalue weighted by Crippen LogP contribution is -2.40. The number of hydrogen-bond acceptors (Lipinski definition) is 3. The predicted octanol–water partition coefficient (Wildman–Crippen LogP) is 2.97. The van der Waals surface area contributed by atoms with E-state index in [-0.39, 0.29) is 6.04 Å². The summed E-state index contributed by atoms with van der Waals surface area (Å²) in [7, 11) is 0. The number of piperidine rings is 1. The third kappa shape index (κ3) is 2.56. The summed E-state index contributed by atoms with van der Waals surface area (Å²) in [5, 5.41) is 1.20. The molecule has 0 saturated carbocycles. The minimum atomic E-state index is 0.288. The first-order valence-corrected chi connectivity index (χ1v) is 7.57. The lowest BCUT2D eigenvalue weighted by molar-refractivity contribution is 0.134. The van der Waals surface area contributed by atoms with E-state index in [1.54, 1.807) is 0 Å². The summed E-state index contributed by atoms with van der Waals surface area (Å²) >= 11 is 0. The van der Waals surface area contributed by atoms with Gasteiger partial charge >= 0.3 is 0 Å². The average molecular weight is 269 g/mol. The molecule has 0 aliphatic carbocycles. The summed E-state index contributed by atoms with van der Waals surface area (Å²) in [4.78, 5) is 7.12. The fraction of sp³-hybridized carbons (Fsp3) is 0.471. The maximum atomic E-state index is 6.10. The number of nitrogens with zero attached hydrogens (tertiary/aromatic N) is 2. The number of aromatic nitrogens is 1. The standard InChI is InChI=1S/C17H23N3/c1-13-5-4-10-20(12-13)16(11-18)15-8-2-6-14-7-3-9-19-17(14)15/h2-3,6-9,13,16H,4-5,10-12,18H2,1H3. The molecule has 1 aromatic heterocycles. The number of benzene rings is 1. The van der Waals surface area contributed by atoms with Gasteiger partial charge in [0.15, 0.2) is 0 Å². The molecular formula is C17H23N3. The van der Waals surface area contributed by atoms with Crippen LogP contribution in [0.25, 0.3) is 10.9 Å². The number of rotatable bonds is 3. The number of likely N-dealkylation sites (tertiary alicyclic amines) is 1. The van der Waals surface area contributed by atoms with Gasteiger partial charge in [0.25, 0.3) is 0 Å². The third-order valence-electron chi connectivity index (χ3n) is 4.38. The zero-order valence-electron chi connectivity index (χ0n) is 12.1. The molecule has 106 valence electrons. The summed E-state index contributed by atoms with van der Waals surface area (Å²) in [5.41, 5.74) is 8.48. The van der Waals surface area contributed by atoms with Crippen LogP contribution in [-0.2, 0) is 0 Å². The number of para-hydroxylation sites is 1. The van der Waals surface area contributed by atoms with E-state index < -0.39 is 0 Å². The molecule has 1 aliphatic heterocycles. The van der Waals surface area contributed by atoms with E-state index in [0.29, 0.717) is 6.54 Å². The quantitative estimate of drug-likeness (QED) is 0.931. The number of pyridine rings is 1. The highest BCUT2D eigenvalue weighted by Crippen LogP contribution is 2.29. The Morgan fingerprint density at radius 3 is 3.00 bits per heavy atom. The topological polar surface area (TPSA) is 42.1 Å². The molecule has 3 rings (SSSR count). The molecule has 2 unspecified atom stereocenters. The van der Waals surface area contributed by atoms with Crippen molar-refractivity contribution in [2.24, 2.45) is 11.7 Å². The van der Waals surface area contributed by atoms with Crippen LogP contribution in [0.3, 0.4) is 0 Å². The van der Waals surface area contributed by atoms with Crippen LogP contribution >= 0.6 is 0 Å². The van der Waals surface area contributed by atoms with Gasteiger partial charge in [0, 0.05) is 30.7 Å². The van der Waals surface area contributed by atoms with Crippen LogP contribution in [0.4, 0.5) is 0 Å². The Bertz CT molecular complexity index is 576. The van der Waals surface area contributed by atoms with Crippen molar-refractivity contribution in [1.29, 1.82) is 0 Å². The number of hydrogen-bond donors (Lipinski definition) is 1. The van der Waals surface area contributed by atoms with E-state index in [4.69, 9.17) is 5.73 Å².